The van der Waals surface area contributed by atoms with Gasteiger partial charge in [-0.25, -0.2) is 4.79 Å². The van der Waals surface area contributed by atoms with Crippen molar-refractivity contribution in [1.82, 2.24) is 20.2 Å². The Kier molecular flexibility index (Phi) is 4.48. The van der Waals surface area contributed by atoms with Gasteiger partial charge in [0.05, 0.1) is 22.9 Å². The SMILES string of the molecule is N#Cc1ccc2c(c1)CCN2C(=O)C1(Sc2nnnn2-c2ccc(C(=O)O)cc2)CC1. The van der Waals surface area contributed by atoms with Gasteiger partial charge in [0.2, 0.25) is 11.1 Å². The number of carbonyl (C=O) groups is 2. The first-order valence-electron chi connectivity index (χ1n) is 9.67. The summed E-state index contributed by atoms with van der Waals surface area (Å²) in [5.41, 5.74) is 3.26. The molecule has 31 heavy (non-hydrogen) atoms. The summed E-state index contributed by atoms with van der Waals surface area (Å²) in [7, 11) is 0. The van der Waals surface area contributed by atoms with E-state index in [4.69, 9.17) is 10.4 Å². The molecular formula is C21H16N6O3S. The summed E-state index contributed by atoms with van der Waals surface area (Å²) in [6.45, 7) is 0.590. The van der Waals surface area contributed by atoms with Crippen molar-refractivity contribution in [2.75, 3.05) is 11.4 Å². The molecule has 154 valence electrons. The minimum atomic E-state index is -1.01. The predicted molar refractivity (Wildman–Crippen MR) is 111 cm³/mol. The van der Waals surface area contributed by atoms with Gasteiger partial charge in [-0.3, -0.25) is 4.79 Å². The second kappa shape index (κ2) is 7.21. The zero-order valence-electron chi connectivity index (χ0n) is 16.2. The van der Waals surface area contributed by atoms with Crippen molar-refractivity contribution >= 4 is 29.3 Å². The quantitative estimate of drug-likeness (QED) is 0.652. The summed E-state index contributed by atoms with van der Waals surface area (Å²) < 4.78 is 0.893. The summed E-state index contributed by atoms with van der Waals surface area (Å²) in [5.74, 6) is -0.982. The predicted octanol–water partition coefficient (Wildman–Crippen LogP) is 2.45. The highest BCUT2D eigenvalue weighted by Crippen LogP contribution is 2.53. The van der Waals surface area contributed by atoms with Crippen molar-refractivity contribution in [3.63, 3.8) is 0 Å². The lowest BCUT2D eigenvalue weighted by Gasteiger charge is -2.23. The molecule has 1 aliphatic heterocycles. The van der Waals surface area contributed by atoms with Crippen LogP contribution in [-0.2, 0) is 11.2 Å². The summed E-state index contributed by atoms with van der Waals surface area (Å²) in [6, 6.07) is 13.8. The van der Waals surface area contributed by atoms with Gasteiger partial charge < -0.3 is 10.0 Å². The average Bonchev–Trinajstić information content (AvgIpc) is 3.23. The number of rotatable bonds is 5. The number of nitrogens with zero attached hydrogens (tertiary/aromatic N) is 6. The van der Waals surface area contributed by atoms with Crippen LogP contribution >= 0.6 is 11.8 Å². The van der Waals surface area contributed by atoms with E-state index in [2.05, 4.69) is 21.6 Å². The van der Waals surface area contributed by atoms with Crippen molar-refractivity contribution in [2.45, 2.75) is 29.2 Å². The Balaban J connectivity index is 1.39. The molecule has 10 heteroatoms. The Bertz CT molecular complexity index is 1240. The fourth-order valence-electron chi connectivity index (χ4n) is 3.73. The van der Waals surface area contributed by atoms with Gasteiger partial charge in [-0.2, -0.15) is 9.94 Å². The van der Waals surface area contributed by atoms with Crippen molar-refractivity contribution in [3.8, 4) is 11.8 Å². The standard InChI is InChI=1S/C21H16N6O3S/c22-12-13-1-6-17-15(11-13)7-10-26(17)19(30)21(8-9-21)31-20-23-24-25-27(20)16-4-2-14(3-5-16)18(28)29/h1-6,11H,7-10H2,(H,28,29). The van der Waals surface area contributed by atoms with E-state index in [0.29, 0.717) is 23.0 Å². The highest BCUT2D eigenvalue weighted by molar-refractivity contribution is 8.01. The van der Waals surface area contributed by atoms with Crippen molar-refractivity contribution < 1.29 is 14.7 Å². The molecule has 0 spiro atoms. The largest absolute Gasteiger partial charge is 0.478 e. The molecular weight excluding hydrogens is 416 g/mol. The molecule has 0 bridgehead atoms. The summed E-state index contributed by atoms with van der Waals surface area (Å²) >= 11 is 1.34. The molecule has 1 aliphatic carbocycles. The van der Waals surface area contributed by atoms with Gasteiger partial charge >= 0.3 is 5.97 Å². The number of carboxylic acids is 1. The number of benzene rings is 2. The molecule has 2 heterocycles. The van der Waals surface area contributed by atoms with Crippen LogP contribution in [0.3, 0.4) is 0 Å². The zero-order valence-corrected chi connectivity index (χ0v) is 17.0. The van der Waals surface area contributed by atoms with Crippen molar-refractivity contribution in [3.05, 3.63) is 59.2 Å². The number of hydrogen-bond acceptors (Lipinski definition) is 7. The van der Waals surface area contributed by atoms with Gasteiger partial charge in [0.25, 0.3) is 0 Å². The lowest BCUT2D eigenvalue weighted by Crippen LogP contribution is -2.38. The number of fused-ring (bicyclic) bond motifs is 1. The highest BCUT2D eigenvalue weighted by atomic mass is 32.2. The number of hydrogen-bond donors (Lipinski definition) is 1. The number of aromatic nitrogens is 4. The van der Waals surface area contributed by atoms with Gasteiger partial charge in [0.15, 0.2) is 0 Å². The summed E-state index contributed by atoms with van der Waals surface area (Å²) in [5, 5.41) is 30.5. The van der Waals surface area contributed by atoms with Crippen LogP contribution in [0.5, 0.6) is 0 Å². The van der Waals surface area contributed by atoms with E-state index in [0.717, 1.165) is 30.5 Å². The van der Waals surface area contributed by atoms with Crippen LogP contribution in [0.1, 0.15) is 34.3 Å². The molecule has 1 amide bonds. The minimum absolute atomic E-state index is 0.0248. The van der Waals surface area contributed by atoms with Gasteiger partial charge in [-0.05, 0) is 77.7 Å². The highest BCUT2D eigenvalue weighted by Gasteiger charge is 2.54. The van der Waals surface area contributed by atoms with Crippen LogP contribution in [0.4, 0.5) is 5.69 Å². The monoisotopic (exact) mass is 432 g/mol. The molecule has 1 aromatic heterocycles. The Labute approximate surface area is 181 Å². The Morgan fingerprint density at radius 3 is 2.61 bits per heavy atom. The summed E-state index contributed by atoms with van der Waals surface area (Å²) in [4.78, 5) is 26.3. The van der Waals surface area contributed by atoms with Crippen LogP contribution < -0.4 is 4.90 Å². The molecule has 9 nitrogen and oxygen atoms in total. The van der Waals surface area contributed by atoms with Crippen LogP contribution in [0.25, 0.3) is 5.69 Å². The number of nitriles is 1. The Hall–Kier alpha value is -3.71. The normalized spacial score (nSPS) is 15.9. The van der Waals surface area contributed by atoms with Gasteiger partial charge in [-0.1, -0.05) is 11.8 Å². The van der Waals surface area contributed by atoms with Crippen LogP contribution in [0.2, 0.25) is 0 Å². The first kappa shape index (κ1) is 19.3. The molecule has 1 N–H and O–H groups in total. The lowest BCUT2D eigenvalue weighted by atomic mass is 10.1. The Morgan fingerprint density at radius 2 is 1.94 bits per heavy atom. The molecule has 0 saturated heterocycles. The molecule has 1 saturated carbocycles. The number of carboxylic acid groups (broad SMARTS) is 1. The smallest absolute Gasteiger partial charge is 0.335 e. The molecule has 0 radical (unpaired) electrons. The number of anilines is 1. The number of aromatic carboxylic acids is 1. The van der Waals surface area contributed by atoms with E-state index in [1.165, 1.54) is 28.6 Å². The van der Waals surface area contributed by atoms with E-state index < -0.39 is 10.7 Å². The molecule has 0 unspecified atom stereocenters. The maximum Gasteiger partial charge on any atom is 0.335 e. The maximum atomic E-state index is 13.4. The maximum absolute atomic E-state index is 13.4. The molecule has 2 aromatic carbocycles. The van der Waals surface area contributed by atoms with Gasteiger partial charge in [-0.15, -0.1) is 5.10 Å². The zero-order chi connectivity index (χ0) is 21.6. The van der Waals surface area contributed by atoms with E-state index in [9.17, 15) is 9.59 Å². The second-order valence-corrected chi connectivity index (χ2v) is 8.83. The number of carbonyl (C=O) groups excluding carboxylic acids is 1. The molecule has 2 aliphatic rings. The fourth-order valence-corrected chi connectivity index (χ4v) is 4.88. The van der Waals surface area contributed by atoms with Crippen molar-refractivity contribution in [1.29, 1.82) is 5.26 Å². The molecule has 5 rings (SSSR count). The minimum Gasteiger partial charge on any atom is -0.478 e. The number of thioether (sulfide) groups is 1. The first-order valence-corrected chi connectivity index (χ1v) is 10.5. The van der Waals surface area contributed by atoms with E-state index in [1.807, 2.05) is 12.1 Å². The molecule has 0 atom stereocenters. The van der Waals surface area contributed by atoms with Crippen LogP contribution in [0, 0.1) is 11.3 Å². The van der Waals surface area contributed by atoms with Gasteiger partial charge in [0, 0.05) is 12.2 Å². The summed E-state index contributed by atoms with van der Waals surface area (Å²) in [6.07, 6.45) is 2.18. The van der Waals surface area contributed by atoms with E-state index in [1.54, 1.807) is 23.1 Å². The lowest BCUT2D eigenvalue weighted by molar-refractivity contribution is -0.118. The van der Waals surface area contributed by atoms with Crippen molar-refractivity contribution in [2.24, 2.45) is 0 Å². The van der Waals surface area contributed by atoms with Gasteiger partial charge in [0.1, 0.15) is 4.75 Å². The van der Waals surface area contributed by atoms with Crippen LogP contribution in [-0.4, -0.2) is 48.5 Å². The van der Waals surface area contributed by atoms with E-state index in [-0.39, 0.29) is 11.5 Å². The first-order chi connectivity index (χ1) is 15.0. The number of amides is 1. The Morgan fingerprint density at radius 1 is 1.16 bits per heavy atom. The third-order valence-electron chi connectivity index (χ3n) is 5.53. The molecule has 3 aromatic rings. The third kappa shape index (κ3) is 3.33. The van der Waals surface area contributed by atoms with Crippen LogP contribution in [0.15, 0.2) is 47.6 Å². The van der Waals surface area contributed by atoms with E-state index >= 15 is 0 Å². The second-order valence-electron chi connectivity index (χ2n) is 7.48. The topological polar surface area (TPSA) is 125 Å². The fraction of sp³-hybridized carbons (Fsp3) is 0.238. The number of tetrazole rings is 1. The third-order valence-corrected chi connectivity index (χ3v) is 6.94. The molecule has 1 fully saturated rings. The average molecular weight is 432 g/mol.